The summed E-state index contributed by atoms with van der Waals surface area (Å²) in [7, 11) is -2.54. The predicted octanol–water partition coefficient (Wildman–Crippen LogP) is 7.25. The summed E-state index contributed by atoms with van der Waals surface area (Å²) in [5.41, 5.74) is 12.5. The summed E-state index contributed by atoms with van der Waals surface area (Å²) in [6.45, 7) is 16.9. The minimum absolute atomic E-state index is 1.13. The average Bonchev–Trinajstić information content (AvgIpc) is 3.68. The van der Waals surface area contributed by atoms with E-state index in [0.717, 1.165) is 13.1 Å². The second kappa shape index (κ2) is 9.35. The zero-order valence-corrected chi connectivity index (χ0v) is 27.3. The molecule has 0 atom stereocenters. The molecule has 40 heavy (non-hydrogen) atoms. The molecule has 2 aliphatic carbocycles. The van der Waals surface area contributed by atoms with Crippen LogP contribution in [-0.4, -0.2) is 16.1 Å². The van der Waals surface area contributed by atoms with Crippen LogP contribution in [0.3, 0.4) is 0 Å². The molecule has 2 aromatic heterocycles. The van der Waals surface area contributed by atoms with Gasteiger partial charge in [-0.25, -0.2) is 0 Å². The molecule has 0 spiro atoms. The molecular formula is C36H44N2Si2+2. The van der Waals surface area contributed by atoms with E-state index in [1.165, 1.54) is 71.7 Å². The molecule has 0 bridgehead atoms. The Hall–Kier alpha value is -2.83. The van der Waals surface area contributed by atoms with Crippen LogP contribution in [-0.2, 0) is 13.1 Å². The Bertz CT molecular complexity index is 1760. The molecule has 0 N–H and O–H groups in total. The highest BCUT2D eigenvalue weighted by molar-refractivity contribution is 6.90. The fraction of sp³-hybridized carbons (Fsp3) is 0.389. The van der Waals surface area contributed by atoms with Crippen LogP contribution in [0.2, 0.25) is 39.3 Å². The number of nitrogens with zero attached hydrogens (tertiary/aromatic N) is 2. The molecule has 0 fully saturated rings. The largest absolute Gasteiger partial charge is 0.213 e. The maximum atomic E-state index is 2.56. The van der Waals surface area contributed by atoms with Crippen molar-refractivity contribution in [3.63, 3.8) is 0 Å². The minimum Gasteiger partial charge on any atom is -0.188 e. The molecule has 0 amide bonds. The molecular weight excluding hydrogens is 517 g/mol. The molecule has 4 aromatic rings. The maximum absolute atomic E-state index is 2.56. The monoisotopic (exact) mass is 560 g/mol. The molecule has 2 aromatic carbocycles. The third kappa shape index (κ3) is 4.26. The third-order valence-electron chi connectivity index (χ3n) is 9.74. The number of para-hydroxylation sites is 1. The van der Waals surface area contributed by atoms with E-state index in [1.807, 2.05) is 0 Å². The van der Waals surface area contributed by atoms with Crippen LogP contribution in [0, 0.1) is 0 Å². The molecule has 4 aliphatic rings. The van der Waals surface area contributed by atoms with Crippen LogP contribution in [0.15, 0.2) is 71.8 Å². The summed E-state index contributed by atoms with van der Waals surface area (Å²) >= 11 is 0. The average molecular weight is 561 g/mol. The van der Waals surface area contributed by atoms with Gasteiger partial charge in [-0.2, -0.15) is 9.13 Å². The highest BCUT2D eigenvalue weighted by atomic mass is 28.3. The summed E-state index contributed by atoms with van der Waals surface area (Å²) < 4.78 is 5.09. The van der Waals surface area contributed by atoms with Gasteiger partial charge < -0.3 is 0 Å². The van der Waals surface area contributed by atoms with Gasteiger partial charge >= 0.3 is 0 Å². The van der Waals surface area contributed by atoms with Gasteiger partial charge in [0, 0.05) is 57.3 Å². The molecule has 2 aliphatic heterocycles. The van der Waals surface area contributed by atoms with Gasteiger partial charge in [0.1, 0.15) is 0 Å². The van der Waals surface area contributed by atoms with Crippen LogP contribution >= 0.6 is 0 Å². The van der Waals surface area contributed by atoms with E-state index in [2.05, 4.69) is 109 Å². The lowest BCUT2D eigenvalue weighted by Crippen LogP contribution is -2.44. The van der Waals surface area contributed by atoms with Crippen LogP contribution < -0.4 is 19.5 Å². The molecule has 0 saturated carbocycles. The first-order valence-electron chi connectivity index (χ1n) is 15.5. The number of benzene rings is 2. The van der Waals surface area contributed by atoms with Crippen molar-refractivity contribution >= 4 is 59.5 Å². The van der Waals surface area contributed by atoms with Gasteiger partial charge in [0.05, 0.1) is 16.1 Å². The number of hydrogen-bond acceptors (Lipinski definition) is 0. The van der Waals surface area contributed by atoms with E-state index in [0.29, 0.717) is 0 Å². The molecule has 204 valence electrons. The van der Waals surface area contributed by atoms with E-state index in [-0.39, 0.29) is 0 Å². The molecule has 4 heterocycles. The number of fused-ring (bicyclic) bond motifs is 8. The lowest BCUT2D eigenvalue weighted by atomic mass is 10.1. The van der Waals surface area contributed by atoms with Gasteiger partial charge in [-0.3, -0.25) is 0 Å². The fourth-order valence-corrected chi connectivity index (χ4v) is 10.3. The van der Waals surface area contributed by atoms with Crippen molar-refractivity contribution in [1.29, 1.82) is 0 Å². The van der Waals surface area contributed by atoms with Crippen molar-refractivity contribution in [1.82, 2.24) is 0 Å². The van der Waals surface area contributed by atoms with E-state index < -0.39 is 16.1 Å². The highest BCUT2D eigenvalue weighted by Crippen LogP contribution is 2.38. The standard InChI is InChI=1S/2C18H22NSi/c1-20(2,3)18-11-17-14-9-6-7-13(14)12-19(17)16-10-5-4-8-15(16)18;1-20(2,3)15-8-10-17-13(11-15)7-9-18-16-6-4-5-14(16)12-19(17)18/h4-5,8,10-11H,6-7,9,12H2,1-3H3;7-11H,4-6,12H2,1-3H3/q2*+1. The Balaban J connectivity index is 0.000000132. The second-order valence-electron chi connectivity index (χ2n) is 14.5. The zero-order valence-electron chi connectivity index (χ0n) is 25.3. The zero-order chi connectivity index (χ0) is 27.8. The Morgan fingerprint density at radius 3 is 1.90 bits per heavy atom. The van der Waals surface area contributed by atoms with Crippen molar-refractivity contribution in [2.24, 2.45) is 0 Å². The van der Waals surface area contributed by atoms with Gasteiger partial charge in [0.15, 0.2) is 13.1 Å². The van der Waals surface area contributed by atoms with Crippen molar-refractivity contribution in [2.45, 2.75) is 90.9 Å². The van der Waals surface area contributed by atoms with Crippen LogP contribution in [0.1, 0.15) is 49.9 Å². The molecule has 4 heteroatoms. The molecule has 2 nitrogen and oxygen atoms in total. The first-order valence-corrected chi connectivity index (χ1v) is 22.5. The van der Waals surface area contributed by atoms with E-state index in [1.54, 1.807) is 32.7 Å². The summed E-state index contributed by atoms with van der Waals surface area (Å²) in [5.74, 6) is 0. The normalized spacial score (nSPS) is 17.8. The Morgan fingerprint density at radius 1 is 0.575 bits per heavy atom. The molecule has 0 radical (unpaired) electrons. The van der Waals surface area contributed by atoms with Crippen molar-refractivity contribution in [3.05, 3.63) is 83.2 Å². The van der Waals surface area contributed by atoms with Gasteiger partial charge in [-0.1, -0.05) is 62.7 Å². The molecule has 0 unspecified atom stereocenters. The summed E-state index contributed by atoms with van der Waals surface area (Å²) in [4.78, 5) is 0. The van der Waals surface area contributed by atoms with E-state index in [9.17, 15) is 0 Å². The number of allylic oxidation sites excluding steroid dienone is 4. The fourth-order valence-electron chi connectivity index (χ4n) is 7.58. The second-order valence-corrected chi connectivity index (χ2v) is 24.6. The lowest BCUT2D eigenvalue weighted by Gasteiger charge is -2.19. The van der Waals surface area contributed by atoms with Crippen molar-refractivity contribution in [2.75, 3.05) is 0 Å². The Kier molecular flexibility index (Phi) is 6.10. The SMILES string of the molecule is C[Si](C)(C)c1cc2[n+](c3ccccc13)CC1=C2CCC1.C[Si](C)(C)c1ccc2c(ccc3[n+]2CC2=C3CCC2)c1. The van der Waals surface area contributed by atoms with Crippen molar-refractivity contribution < 1.29 is 9.13 Å². The van der Waals surface area contributed by atoms with Gasteiger partial charge in [0.2, 0.25) is 22.4 Å². The first-order chi connectivity index (χ1) is 19.1. The number of aromatic nitrogens is 2. The highest BCUT2D eigenvalue weighted by Gasteiger charge is 2.36. The summed E-state index contributed by atoms with van der Waals surface area (Å²) in [5, 5.41) is 6.08. The first kappa shape index (κ1) is 26.1. The predicted molar refractivity (Wildman–Crippen MR) is 176 cm³/mol. The van der Waals surface area contributed by atoms with Crippen LogP contribution in [0.5, 0.6) is 0 Å². The van der Waals surface area contributed by atoms with Gasteiger partial charge in [-0.15, -0.1) is 0 Å². The van der Waals surface area contributed by atoms with Gasteiger partial charge in [-0.05, 0) is 61.9 Å². The summed E-state index contributed by atoms with van der Waals surface area (Å²) in [6, 6.07) is 23.4. The minimum atomic E-state index is -1.32. The van der Waals surface area contributed by atoms with E-state index >= 15 is 0 Å². The lowest BCUT2D eigenvalue weighted by molar-refractivity contribution is -0.660. The van der Waals surface area contributed by atoms with E-state index in [4.69, 9.17) is 0 Å². The molecule has 0 saturated heterocycles. The maximum Gasteiger partial charge on any atom is 0.213 e. The third-order valence-corrected chi connectivity index (χ3v) is 13.8. The van der Waals surface area contributed by atoms with Gasteiger partial charge in [0.25, 0.3) is 0 Å². The van der Waals surface area contributed by atoms with Crippen molar-refractivity contribution in [3.8, 4) is 0 Å². The Labute approximate surface area is 242 Å². The number of hydrogen-bond donors (Lipinski definition) is 0. The van der Waals surface area contributed by atoms with Crippen LogP contribution in [0.25, 0.3) is 33.0 Å². The molecule has 8 rings (SSSR count). The number of rotatable bonds is 2. The quantitative estimate of drug-likeness (QED) is 0.180. The summed E-state index contributed by atoms with van der Waals surface area (Å²) in [6.07, 6.45) is 7.92. The van der Waals surface area contributed by atoms with Crippen LogP contribution in [0.4, 0.5) is 0 Å². The smallest absolute Gasteiger partial charge is 0.188 e. The Morgan fingerprint density at radius 2 is 1.23 bits per heavy atom. The topological polar surface area (TPSA) is 7.76 Å². The number of pyridine rings is 2.